The van der Waals surface area contributed by atoms with Gasteiger partial charge < -0.3 is 21.3 Å². The van der Waals surface area contributed by atoms with Crippen LogP contribution >= 0.6 is 0 Å². The second kappa shape index (κ2) is 13.9. The molecule has 2 aromatic rings. The maximum Gasteiger partial charge on any atom is 0.303 e. The number of carbonyl (C=O) groups is 3. The summed E-state index contributed by atoms with van der Waals surface area (Å²) in [6, 6.07) is 13.4. The summed E-state index contributed by atoms with van der Waals surface area (Å²) in [7, 11) is -2.40. The van der Waals surface area contributed by atoms with E-state index in [4.69, 9.17) is 0 Å². The van der Waals surface area contributed by atoms with Crippen LogP contribution in [0.15, 0.2) is 48.5 Å². The van der Waals surface area contributed by atoms with Crippen LogP contribution in [0.25, 0.3) is 0 Å². The molecule has 11 nitrogen and oxygen atoms in total. The summed E-state index contributed by atoms with van der Waals surface area (Å²) < 4.78 is 29.0. The van der Waals surface area contributed by atoms with Gasteiger partial charge in [-0.2, -0.15) is 12.7 Å². The van der Waals surface area contributed by atoms with Crippen molar-refractivity contribution in [1.29, 1.82) is 0 Å². The van der Waals surface area contributed by atoms with Crippen LogP contribution in [0.2, 0.25) is 0 Å². The van der Waals surface area contributed by atoms with E-state index in [1.54, 1.807) is 6.92 Å². The molecule has 1 atom stereocenters. The number of nitrogens with zero attached hydrogens (tertiary/aromatic N) is 2. The van der Waals surface area contributed by atoms with Crippen molar-refractivity contribution in [3.63, 3.8) is 0 Å². The van der Waals surface area contributed by atoms with E-state index in [2.05, 4.69) is 21.3 Å². The Labute approximate surface area is 242 Å². The van der Waals surface area contributed by atoms with Gasteiger partial charge in [-0.25, -0.2) is 0 Å². The van der Waals surface area contributed by atoms with Gasteiger partial charge in [0, 0.05) is 57.4 Å². The van der Waals surface area contributed by atoms with E-state index in [9.17, 15) is 22.8 Å². The molecule has 3 amide bonds. The van der Waals surface area contributed by atoms with E-state index in [-0.39, 0.29) is 35.8 Å². The fourth-order valence-electron chi connectivity index (χ4n) is 4.54. The van der Waals surface area contributed by atoms with Gasteiger partial charge in [-0.3, -0.25) is 18.7 Å². The van der Waals surface area contributed by atoms with Crippen molar-refractivity contribution in [2.24, 2.45) is 5.92 Å². The lowest BCUT2D eigenvalue weighted by molar-refractivity contribution is -0.122. The summed E-state index contributed by atoms with van der Waals surface area (Å²) in [5, 5.41) is 11.6. The number of hydrogen-bond acceptors (Lipinski definition) is 6. The average Bonchev–Trinajstić information content (AvgIpc) is 3.64. The van der Waals surface area contributed by atoms with Crippen molar-refractivity contribution in [3.8, 4) is 0 Å². The smallest absolute Gasteiger partial charge is 0.303 e. The van der Waals surface area contributed by atoms with Crippen LogP contribution in [0.5, 0.6) is 0 Å². The molecule has 1 aliphatic heterocycles. The Hall–Kier alpha value is -3.48. The highest BCUT2D eigenvalue weighted by molar-refractivity contribution is 7.90. The quantitative estimate of drug-likeness (QED) is 0.249. The highest BCUT2D eigenvalue weighted by Crippen LogP contribution is 2.27. The maximum absolute atomic E-state index is 13.2. The Kier molecular flexibility index (Phi) is 10.4. The van der Waals surface area contributed by atoms with Crippen molar-refractivity contribution in [1.82, 2.24) is 25.6 Å². The summed E-state index contributed by atoms with van der Waals surface area (Å²) in [4.78, 5) is 38.4. The molecule has 1 saturated carbocycles. The maximum atomic E-state index is 13.2. The van der Waals surface area contributed by atoms with Gasteiger partial charge >= 0.3 is 10.2 Å². The van der Waals surface area contributed by atoms with E-state index in [0.717, 1.165) is 35.6 Å². The average molecular weight is 585 g/mol. The number of rotatable bonds is 14. The zero-order valence-electron chi connectivity index (χ0n) is 23.7. The van der Waals surface area contributed by atoms with Crippen LogP contribution in [0, 0.1) is 5.92 Å². The lowest BCUT2D eigenvalue weighted by Gasteiger charge is -2.26. The molecule has 0 spiro atoms. The molecule has 1 saturated heterocycles. The Bertz CT molecular complexity index is 1330. The highest BCUT2D eigenvalue weighted by atomic mass is 32.2. The van der Waals surface area contributed by atoms with E-state index in [1.807, 2.05) is 30.3 Å². The first-order valence-corrected chi connectivity index (χ1v) is 15.6. The highest BCUT2D eigenvalue weighted by Gasteiger charge is 2.30. The predicted octanol–water partition coefficient (Wildman–Crippen LogP) is 1.63. The number of carbonyl (C=O) groups excluding carboxylic acids is 3. The lowest BCUT2D eigenvalue weighted by Crippen LogP contribution is -2.45. The third kappa shape index (κ3) is 8.51. The summed E-state index contributed by atoms with van der Waals surface area (Å²) >= 11 is 0. The third-order valence-corrected chi connectivity index (χ3v) is 9.28. The molecule has 12 heteroatoms. The Balaban J connectivity index is 1.43. The zero-order valence-corrected chi connectivity index (χ0v) is 24.5. The number of anilines is 1. The molecule has 2 fully saturated rings. The largest absolute Gasteiger partial charge is 0.354 e. The van der Waals surface area contributed by atoms with E-state index in [0.29, 0.717) is 32.1 Å². The molecule has 41 heavy (non-hydrogen) atoms. The summed E-state index contributed by atoms with van der Waals surface area (Å²) in [5.74, 6) is -0.367. The fourth-order valence-corrected chi connectivity index (χ4v) is 5.98. The minimum absolute atomic E-state index is 0.0793. The molecule has 2 aliphatic rings. The molecule has 1 heterocycles. The van der Waals surface area contributed by atoms with E-state index < -0.39 is 28.1 Å². The second-order valence-electron chi connectivity index (χ2n) is 10.6. The monoisotopic (exact) mass is 584 g/mol. The summed E-state index contributed by atoms with van der Waals surface area (Å²) in [6.07, 6.45) is 3.90. The number of hydrogen-bond donors (Lipinski definition) is 4. The molecule has 4 N–H and O–H groups in total. The molecule has 2 aromatic carbocycles. The van der Waals surface area contributed by atoms with E-state index in [1.165, 1.54) is 29.6 Å². The van der Waals surface area contributed by atoms with Crippen LogP contribution in [-0.4, -0.2) is 76.3 Å². The first kappa shape index (κ1) is 30.5. The van der Waals surface area contributed by atoms with Crippen LogP contribution < -0.4 is 25.6 Å². The number of benzene rings is 2. The first-order valence-electron chi connectivity index (χ1n) is 14.2. The summed E-state index contributed by atoms with van der Waals surface area (Å²) in [6.45, 7) is 4.21. The molecule has 0 aromatic heterocycles. The van der Waals surface area contributed by atoms with Crippen LogP contribution in [-0.2, 0) is 21.5 Å². The number of nitrogens with one attached hydrogen (secondary N) is 4. The molecular weight excluding hydrogens is 544 g/mol. The van der Waals surface area contributed by atoms with Crippen LogP contribution in [0.1, 0.15) is 58.9 Å². The normalized spacial score (nSPS) is 16.1. The minimum atomic E-state index is -3.82. The van der Waals surface area contributed by atoms with Crippen molar-refractivity contribution in [2.75, 3.05) is 44.1 Å². The van der Waals surface area contributed by atoms with Gasteiger partial charge in [0.2, 0.25) is 5.91 Å². The van der Waals surface area contributed by atoms with E-state index >= 15 is 0 Å². The minimum Gasteiger partial charge on any atom is -0.354 e. The van der Waals surface area contributed by atoms with Gasteiger partial charge in [0.05, 0.1) is 11.7 Å². The Morgan fingerprint density at radius 1 is 0.927 bits per heavy atom. The van der Waals surface area contributed by atoms with Gasteiger partial charge in [-0.05, 0) is 62.3 Å². The molecular formula is C29H40N6O5S. The topological polar surface area (TPSA) is 140 Å². The van der Waals surface area contributed by atoms with Crippen molar-refractivity contribution in [2.45, 2.75) is 45.2 Å². The molecule has 0 unspecified atom stereocenters. The second-order valence-corrected chi connectivity index (χ2v) is 12.6. The fraction of sp³-hybridized carbons (Fsp3) is 0.483. The van der Waals surface area contributed by atoms with Crippen molar-refractivity contribution in [3.05, 3.63) is 65.2 Å². The van der Waals surface area contributed by atoms with Crippen LogP contribution in [0.4, 0.5) is 5.69 Å². The molecule has 0 bridgehead atoms. The van der Waals surface area contributed by atoms with Crippen molar-refractivity contribution < 1.29 is 22.8 Å². The molecule has 0 radical (unpaired) electrons. The lowest BCUT2D eigenvalue weighted by atomic mass is 10.1. The molecule has 4 rings (SSSR count). The van der Waals surface area contributed by atoms with Crippen LogP contribution in [0.3, 0.4) is 0 Å². The van der Waals surface area contributed by atoms with Gasteiger partial charge in [0.25, 0.3) is 11.8 Å². The van der Waals surface area contributed by atoms with Gasteiger partial charge in [-0.1, -0.05) is 30.3 Å². The van der Waals surface area contributed by atoms with Gasteiger partial charge in [0.15, 0.2) is 0 Å². The number of amides is 3. The Morgan fingerprint density at radius 3 is 2.20 bits per heavy atom. The third-order valence-electron chi connectivity index (χ3n) is 7.36. The standard InChI is InChI=1S/C29H40N6O5S/c1-21(27(36)32-20-23-10-11-23)30-12-13-31-28(37)24-16-25(29(38)33-19-22-8-4-3-5-9-22)18-26(17-24)34(2)41(39,40)35-14-6-7-15-35/h3-5,8-9,16-18,21,23,30H,6-7,10-15,19-20H2,1-2H3,(H,31,37)(H,32,36)(H,33,38)/t21-/m0/s1. The zero-order chi connectivity index (χ0) is 29.4. The van der Waals surface area contributed by atoms with Gasteiger partial charge in [-0.15, -0.1) is 0 Å². The first-order chi connectivity index (χ1) is 19.6. The Morgan fingerprint density at radius 2 is 1.56 bits per heavy atom. The molecule has 222 valence electrons. The molecule has 1 aliphatic carbocycles. The summed E-state index contributed by atoms with van der Waals surface area (Å²) in [5.41, 5.74) is 1.46. The predicted molar refractivity (Wildman–Crippen MR) is 158 cm³/mol. The SMILES string of the molecule is C[C@H](NCCNC(=O)c1cc(C(=O)NCc2ccccc2)cc(N(C)S(=O)(=O)N2CCCC2)c1)C(=O)NCC1CC1. The van der Waals surface area contributed by atoms with Crippen molar-refractivity contribution >= 4 is 33.6 Å². The van der Waals surface area contributed by atoms with Gasteiger partial charge in [0.1, 0.15) is 0 Å².